The van der Waals surface area contributed by atoms with Crippen LogP contribution in [0.1, 0.15) is 16.9 Å². The smallest absolute Gasteiger partial charge is 0.273 e. The van der Waals surface area contributed by atoms with E-state index in [1.807, 2.05) is 24.3 Å². The number of nitro benzene ring substituents is 1. The third-order valence-electron chi connectivity index (χ3n) is 3.80. The van der Waals surface area contributed by atoms with Crippen molar-refractivity contribution in [2.24, 2.45) is 5.10 Å². The van der Waals surface area contributed by atoms with Crippen LogP contribution in [0, 0.1) is 17.0 Å². The summed E-state index contributed by atoms with van der Waals surface area (Å²) in [5.74, 6) is 1.10. The van der Waals surface area contributed by atoms with Gasteiger partial charge in [-0.15, -0.1) is 0 Å². The Kier molecular flexibility index (Phi) is 5.34. The molecule has 3 aromatic rings. The summed E-state index contributed by atoms with van der Waals surface area (Å²) in [6, 6.07) is 16.0. The van der Waals surface area contributed by atoms with E-state index in [2.05, 4.69) is 10.5 Å². The van der Waals surface area contributed by atoms with Gasteiger partial charge in [0.2, 0.25) is 0 Å². The Bertz CT molecular complexity index is 949. The van der Waals surface area contributed by atoms with Crippen LogP contribution in [0.4, 0.5) is 5.69 Å². The van der Waals surface area contributed by atoms with Gasteiger partial charge in [0, 0.05) is 22.2 Å². The van der Waals surface area contributed by atoms with Crippen LogP contribution in [-0.4, -0.2) is 11.1 Å². The van der Waals surface area contributed by atoms with Crippen LogP contribution in [0.3, 0.4) is 0 Å². The molecular weight excluding hydrogens is 354 g/mol. The lowest BCUT2D eigenvalue weighted by atomic mass is 10.1. The lowest BCUT2D eigenvalue weighted by molar-refractivity contribution is -0.385. The zero-order valence-corrected chi connectivity index (χ0v) is 14.7. The van der Waals surface area contributed by atoms with Crippen molar-refractivity contribution in [3.05, 3.63) is 86.6 Å². The lowest BCUT2D eigenvalue weighted by Gasteiger charge is -2.01. The number of hydrogen-bond donors (Lipinski definition) is 1. The largest absolute Gasteiger partial charge is 0.455 e. The normalized spacial score (nSPS) is 11.0. The van der Waals surface area contributed by atoms with Crippen LogP contribution >= 0.6 is 11.6 Å². The zero-order chi connectivity index (χ0) is 18.5. The van der Waals surface area contributed by atoms with E-state index < -0.39 is 4.92 Å². The molecule has 1 N–H and O–H groups in total. The summed E-state index contributed by atoms with van der Waals surface area (Å²) in [5.41, 5.74) is 5.31. The van der Waals surface area contributed by atoms with Crippen LogP contribution in [0.5, 0.6) is 0 Å². The summed E-state index contributed by atoms with van der Waals surface area (Å²) in [5, 5.41) is 15.9. The Hall–Kier alpha value is -3.12. The number of nitrogens with one attached hydrogen (secondary N) is 1. The Morgan fingerprint density at radius 2 is 1.96 bits per heavy atom. The monoisotopic (exact) mass is 369 g/mol. The molecule has 0 fully saturated rings. The summed E-state index contributed by atoms with van der Waals surface area (Å²) >= 11 is 5.84. The number of aryl methyl sites for hydroxylation is 1. The number of hydrazone groups is 1. The Morgan fingerprint density at radius 1 is 1.19 bits per heavy atom. The van der Waals surface area contributed by atoms with Crippen LogP contribution in [0.2, 0.25) is 5.02 Å². The number of benzene rings is 2. The number of furan rings is 1. The van der Waals surface area contributed by atoms with Crippen molar-refractivity contribution in [2.45, 2.75) is 13.5 Å². The Morgan fingerprint density at radius 3 is 2.69 bits per heavy atom. The van der Waals surface area contributed by atoms with Crippen molar-refractivity contribution >= 4 is 23.5 Å². The second kappa shape index (κ2) is 7.84. The van der Waals surface area contributed by atoms with Gasteiger partial charge in [-0.3, -0.25) is 10.1 Å². The Balaban J connectivity index is 1.65. The average molecular weight is 370 g/mol. The molecule has 0 aliphatic carbocycles. The minimum absolute atomic E-state index is 0.0683. The number of rotatable bonds is 6. The number of hydrogen-bond acceptors (Lipinski definition) is 5. The second-order valence-corrected chi connectivity index (χ2v) is 6.12. The fourth-order valence-corrected chi connectivity index (χ4v) is 2.51. The highest BCUT2D eigenvalue weighted by Gasteiger charge is 2.13. The summed E-state index contributed by atoms with van der Waals surface area (Å²) in [7, 11) is 0. The zero-order valence-electron chi connectivity index (χ0n) is 14.0. The molecule has 0 radical (unpaired) electrons. The summed E-state index contributed by atoms with van der Waals surface area (Å²) in [6.07, 6.45) is 1.56. The van der Waals surface area contributed by atoms with Crippen molar-refractivity contribution < 1.29 is 9.34 Å². The van der Waals surface area contributed by atoms with E-state index >= 15 is 0 Å². The van der Waals surface area contributed by atoms with Gasteiger partial charge in [-0.2, -0.15) is 5.10 Å². The number of nitro groups is 1. The van der Waals surface area contributed by atoms with Crippen LogP contribution in [0.15, 0.2) is 64.1 Å². The SMILES string of the molecule is Cc1ccc(-c2ccc(/C=N\NCc3ccc(Cl)cc3)o2)cc1[N+](=O)[O-]. The van der Waals surface area contributed by atoms with E-state index in [4.69, 9.17) is 16.0 Å². The molecule has 26 heavy (non-hydrogen) atoms. The third-order valence-corrected chi connectivity index (χ3v) is 4.05. The van der Waals surface area contributed by atoms with Crippen LogP contribution in [-0.2, 0) is 6.54 Å². The highest BCUT2D eigenvalue weighted by Crippen LogP contribution is 2.27. The van der Waals surface area contributed by atoms with Gasteiger partial charge in [-0.05, 0) is 36.8 Å². The maximum Gasteiger partial charge on any atom is 0.273 e. The predicted octanol–water partition coefficient (Wildman–Crippen LogP) is 4.94. The molecule has 6 nitrogen and oxygen atoms in total. The van der Waals surface area contributed by atoms with E-state index in [0.29, 0.717) is 34.2 Å². The molecule has 3 rings (SSSR count). The molecule has 7 heteroatoms. The third kappa shape index (κ3) is 4.29. The van der Waals surface area contributed by atoms with Crippen molar-refractivity contribution in [1.29, 1.82) is 0 Å². The number of halogens is 1. The molecule has 0 spiro atoms. The standard InChI is InChI=1S/C19H16ClN3O3/c1-13-2-5-15(10-18(13)23(24)25)19-9-8-17(26-19)12-22-21-11-14-3-6-16(20)7-4-14/h2-10,12,21H,11H2,1H3/b22-12-. The highest BCUT2D eigenvalue weighted by molar-refractivity contribution is 6.30. The maximum absolute atomic E-state index is 11.1. The van der Waals surface area contributed by atoms with E-state index in [9.17, 15) is 10.1 Å². The van der Waals surface area contributed by atoms with Crippen molar-refractivity contribution in [3.63, 3.8) is 0 Å². The first-order valence-electron chi connectivity index (χ1n) is 7.88. The first kappa shape index (κ1) is 17.7. The van der Waals surface area contributed by atoms with Gasteiger partial charge in [0.1, 0.15) is 11.5 Å². The molecule has 0 amide bonds. The first-order chi connectivity index (χ1) is 12.5. The van der Waals surface area contributed by atoms with E-state index in [1.54, 1.807) is 37.4 Å². The fourth-order valence-electron chi connectivity index (χ4n) is 2.39. The topological polar surface area (TPSA) is 80.7 Å². The van der Waals surface area contributed by atoms with Crippen molar-refractivity contribution in [2.75, 3.05) is 0 Å². The van der Waals surface area contributed by atoms with E-state index in [-0.39, 0.29) is 5.69 Å². The lowest BCUT2D eigenvalue weighted by Crippen LogP contribution is -2.05. The minimum Gasteiger partial charge on any atom is -0.455 e. The van der Waals surface area contributed by atoms with Gasteiger partial charge >= 0.3 is 0 Å². The number of nitrogens with zero attached hydrogens (tertiary/aromatic N) is 2. The molecule has 0 aliphatic heterocycles. The molecule has 132 valence electrons. The van der Waals surface area contributed by atoms with Crippen LogP contribution in [0.25, 0.3) is 11.3 Å². The quantitative estimate of drug-likeness (QED) is 0.379. The Labute approximate surface area is 155 Å². The van der Waals surface area contributed by atoms with Gasteiger partial charge in [0.15, 0.2) is 0 Å². The van der Waals surface area contributed by atoms with Crippen LogP contribution < -0.4 is 5.43 Å². The fraction of sp³-hybridized carbons (Fsp3) is 0.105. The molecule has 0 aliphatic rings. The molecule has 0 bridgehead atoms. The van der Waals surface area contributed by atoms with Gasteiger partial charge in [0.05, 0.1) is 17.7 Å². The van der Waals surface area contributed by atoms with Crippen molar-refractivity contribution in [3.8, 4) is 11.3 Å². The highest BCUT2D eigenvalue weighted by atomic mass is 35.5. The predicted molar refractivity (Wildman–Crippen MR) is 101 cm³/mol. The molecule has 1 heterocycles. The van der Waals surface area contributed by atoms with E-state index in [1.165, 1.54) is 6.07 Å². The van der Waals surface area contributed by atoms with Gasteiger partial charge in [-0.1, -0.05) is 35.9 Å². The molecule has 2 aromatic carbocycles. The summed E-state index contributed by atoms with van der Waals surface area (Å²) in [6.45, 7) is 2.26. The van der Waals surface area contributed by atoms with E-state index in [0.717, 1.165) is 5.56 Å². The second-order valence-electron chi connectivity index (χ2n) is 5.68. The van der Waals surface area contributed by atoms with Gasteiger partial charge < -0.3 is 9.84 Å². The van der Waals surface area contributed by atoms with Gasteiger partial charge in [0.25, 0.3) is 5.69 Å². The molecule has 0 atom stereocenters. The molecule has 0 saturated carbocycles. The average Bonchev–Trinajstić information content (AvgIpc) is 3.09. The molecular formula is C19H16ClN3O3. The molecule has 1 aromatic heterocycles. The summed E-state index contributed by atoms with van der Waals surface area (Å²) in [4.78, 5) is 10.7. The van der Waals surface area contributed by atoms with Crippen molar-refractivity contribution in [1.82, 2.24) is 5.43 Å². The maximum atomic E-state index is 11.1. The first-order valence-corrected chi connectivity index (χ1v) is 8.26. The van der Waals surface area contributed by atoms with Gasteiger partial charge in [-0.25, -0.2) is 0 Å². The molecule has 0 unspecified atom stereocenters. The minimum atomic E-state index is -0.398. The molecule has 0 saturated heterocycles. The summed E-state index contributed by atoms with van der Waals surface area (Å²) < 4.78 is 5.68.